The minimum Gasteiger partial charge on any atom is -0.389 e. The summed E-state index contributed by atoms with van der Waals surface area (Å²) in [7, 11) is 0. The van der Waals surface area contributed by atoms with Crippen LogP contribution in [0.1, 0.15) is 24.2 Å². The highest BCUT2D eigenvalue weighted by molar-refractivity contribution is 6.30. The Kier molecular flexibility index (Phi) is 2.47. The molecule has 1 aromatic rings. The van der Waals surface area contributed by atoms with Gasteiger partial charge in [-0.2, -0.15) is 0 Å². The Balaban J connectivity index is 3.05. The Hall–Kier alpha value is -0.600. The van der Waals surface area contributed by atoms with Gasteiger partial charge in [-0.15, -0.1) is 0 Å². The Morgan fingerprint density at radius 3 is 2.73 bits per heavy atom. The van der Waals surface area contributed by atoms with Crippen molar-refractivity contribution in [1.29, 1.82) is 0 Å². The molecule has 1 atom stereocenters. The molecule has 1 aromatic heterocycles. The first-order valence-electron chi connectivity index (χ1n) is 3.41. The van der Waals surface area contributed by atoms with Gasteiger partial charge in [0.25, 0.3) is 0 Å². The lowest BCUT2D eigenvalue weighted by Gasteiger charge is -2.04. The lowest BCUT2D eigenvalue weighted by Crippen LogP contribution is -1.93. The Morgan fingerprint density at radius 2 is 2.27 bits per heavy atom. The summed E-state index contributed by atoms with van der Waals surface area (Å²) in [5, 5.41) is 9.65. The van der Waals surface area contributed by atoms with Gasteiger partial charge < -0.3 is 5.11 Å². The van der Waals surface area contributed by atoms with Gasteiger partial charge in [0.05, 0.1) is 6.10 Å². The number of hydrogen-bond donors (Lipinski definition) is 1. The number of rotatable bonds is 1. The lowest BCUT2D eigenvalue weighted by atomic mass is 10.1. The van der Waals surface area contributed by atoms with E-state index in [0.717, 1.165) is 11.1 Å². The van der Waals surface area contributed by atoms with Gasteiger partial charge in [0.1, 0.15) is 5.15 Å². The van der Waals surface area contributed by atoms with Crippen molar-refractivity contribution in [3.8, 4) is 0 Å². The molecule has 1 N–H and O–H groups in total. The summed E-state index contributed by atoms with van der Waals surface area (Å²) in [4.78, 5) is 3.91. The average Bonchev–Trinajstić information content (AvgIpc) is 1.94. The van der Waals surface area contributed by atoms with E-state index in [4.69, 9.17) is 16.7 Å². The smallest absolute Gasteiger partial charge is 0.131 e. The largest absolute Gasteiger partial charge is 0.389 e. The highest BCUT2D eigenvalue weighted by atomic mass is 35.5. The molecule has 0 spiro atoms. The van der Waals surface area contributed by atoms with Crippen molar-refractivity contribution in [2.24, 2.45) is 0 Å². The van der Waals surface area contributed by atoms with Crippen LogP contribution in [-0.4, -0.2) is 10.1 Å². The van der Waals surface area contributed by atoms with Crippen molar-refractivity contribution < 1.29 is 5.11 Å². The standard InChI is InChI=1S/C8H10ClNO/c1-5-3-7(6(2)11)4-10-8(5)9/h3-4,6,11H,1-2H3/t6-/m1/s1. The summed E-state index contributed by atoms with van der Waals surface area (Å²) in [6.07, 6.45) is 1.11. The molecule has 2 nitrogen and oxygen atoms in total. The molecular weight excluding hydrogens is 162 g/mol. The Morgan fingerprint density at radius 1 is 1.64 bits per heavy atom. The van der Waals surface area contributed by atoms with E-state index >= 15 is 0 Å². The maximum atomic E-state index is 9.16. The normalized spacial score (nSPS) is 13.1. The molecule has 0 amide bonds. The van der Waals surface area contributed by atoms with Gasteiger partial charge in [-0.3, -0.25) is 0 Å². The van der Waals surface area contributed by atoms with Crippen LogP contribution < -0.4 is 0 Å². The van der Waals surface area contributed by atoms with Crippen LogP contribution in [-0.2, 0) is 0 Å². The fourth-order valence-corrected chi connectivity index (χ4v) is 0.912. The van der Waals surface area contributed by atoms with Crippen LogP contribution in [0.5, 0.6) is 0 Å². The van der Waals surface area contributed by atoms with Crippen LogP contribution in [0.15, 0.2) is 12.3 Å². The van der Waals surface area contributed by atoms with Crippen molar-refractivity contribution in [2.75, 3.05) is 0 Å². The second kappa shape index (κ2) is 3.20. The highest BCUT2D eigenvalue weighted by Gasteiger charge is 2.02. The quantitative estimate of drug-likeness (QED) is 0.657. The number of pyridine rings is 1. The first-order valence-corrected chi connectivity index (χ1v) is 3.79. The molecule has 3 heteroatoms. The average molecular weight is 172 g/mol. The van der Waals surface area contributed by atoms with E-state index in [2.05, 4.69) is 4.98 Å². The number of aromatic nitrogens is 1. The molecule has 0 aliphatic rings. The molecule has 0 aromatic carbocycles. The van der Waals surface area contributed by atoms with Crippen molar-refractivity contribution >= 4 is 11.6 Å². The predicted octanol–water partition coefficient (Wildman–Crippen LogP) is 2.10. The minimum absolute atomic E-state index is 0.474. The number of aliphatic hydroxyl groups is 1. The van der Waals surface area contributed by atoms with E-state index in [1.54, 1.807) is 13.1 Å². The Bertz CT molecular complexity index is 260. The Labute approximate surface area is 70.8 Å². The monoisotopic (exact) mass is 171 g/mol. The molecule has 0 unspecified atom stereocenters. The molecule has 0 fully saturated rings. The van der Waals surface area contributed by atoms with E-state index in [1.807, 2.05) is 13.0 Å². The maximum absolute atomic E-state index is 9.16. The summed E-state index contributed by atoms with van der Waals surface area (Å²) in [6.45, 7) is 3.56. The van der Waals surface area contributed by atoms with Gasteiger partial charge in [-0.05, 0) is 31.0 Å². The van der Waals surface area contributed by atoms with Crippen molar-refractivity contribution in [2.45, 2.75) is 20.0 Å². The number of halogens is 1. The SMILES string of the molecule is Cc1cc([C@@H](C)O)cnc1Cl. The maximum Gasteiger partial charge on any atom is 0.131 e. The summed E-state index contributed by atoms with van der Waals surface area (Å²) >= 11 is 5.69. The van der Waals surface area contributed by atoms with E-state index in [-0.39, 0.29) is 0 Å². The number of aliphatic hydroxyl groups excluding tert-OH is 1. The molecule has 0 radical (unpaired) electrons. The molecule has 0 bridgehead atoms. The molecule has 0 aliphatic heterocycles. The van der Waals surface area contributed by atoms with Crippen LogP contribution in [0.3, 0.4) is 0 Å². The van der Waals surface area contributed by atoms with Crippen molar-refractivity contribution in [3.05, 3.63) is 28.5 Å². The third-order valence-electron chi connectivity index (χ3n) is 1.52. The van der Waals surface area contributed by atoms with Crippen LogP contribution in [0.4, 0.5) is 0 Å². The predicted molar refractivity (Wildman–Crippen MR) is 44.6 cm³/mol. The summed E-state index contributed by atoms with van der Waals surface area (Å²) in [6, 6.07) is 1.83. The van der Waals surface area contributed by atoms with Gasteiger partial charge >= 0.3 is 0 Å². The van der Waals surface area contributed by atoms with Gasteiger partial charge in [-0.25, -0.2) is 4.98 Å². The first-order chi connectivity index (χ1) is 5.11. The molecular formula is C8H10ClNO. The zero-order valence-electron chi connectivity index (χ0n) is 6.50. The minimum atomic E-state index is -0.474. The lowest BCUT2D eigenvalue weighted by molar-refractivity contribution is 0.199. The van der Waals surface area contributed by atoms with Gasteiger partial charge in [0.2, 0.25) is 0 Å². The third kappa shape index (κ3) is 1.91. The molecule has 1 rings (SSSR count). The summed E-state index contributed by atoms with van der Waals surface area (Å²) in [5.74, 6) is 0. The molecule has 0 saturated carbocycles. The van der Waals surface area contributed by atoms with Gasteiger partial charge in [-0.1, -0.05) is 11.6 Å². The van der Waals surface area contributed by atoms with Crippen molar-refractivity contribution in [3.63, 3.8) is 0 Å². The summed E-state index contributed by atoms with van der Waals surface area (Å²) < 4.78 is 0. The summed E-state index contributed by atoms with van der Waals surface area (Å²) in [5.41, 5.74) is 1.69. The van der Waals surface area contributed by atoms with E-state index in [0.29, 0.717) is 5.15 Å². The van der Waals surface area contributed by atoms with Crippen LogP contribution in [0.2, 0.25) is 5.15 Å². The van der Waals surface area contributed by atoms with Crippen LogP contribution >= 0.6 is 11.6 Å². The van der Waals surface area contributed by atoms with E-state index in [9.17, 15) is 0 Å². The third-order valence-corrected chi connectivity index (χ3v) is 1.91. The second-order valence-corrected chi connectivity index (χ2v) is 2.91. The second-order valence-electron chi connectivity index (χ2n) is 2.55. The molecule has 60 valence electrons. The molecule has 0 saturated heterocycles. The van der Waals surface area contributed by atoms with Gasteiger partial charge in [0, 0.05) is 6.20 Å². The zero-order chi connectivity index (χ0) is 8.43. The van der Waals surface area contributed by atoms with Crippen LogP contribution in [0, 0.1) is 6.92 Å². The van der Waals surface area contributed by atoms with E-state index in [1.165, 1.54) is 0 Å². The fourth-order valence-electron chi connectivity index (χ4n) is 0.808. The number of nitrogens with zero attached hydrogens (tertiary/aromatic N) is 1. The number of aryl methyl sites for hydroxylation is 1. The van der Waals surface area contributed by atoms with Crippen molar-refractivity contribution in [1.82, 2.24) is 4.98 Å². The van der Waals surface area contributed by atoms with Gasteiger partial charge in [0.15, 0.2) is 0 Å². The zero-order valence-corrected chi connectivity index (χ0v) is 7.26. The first kappa shape index (κ1) is 8.50. The highest BCUT2D eigenvalue weighted by Crippen LogP contribution is 2.17. The van der Waals surface area contributed by atoms with E-state index < -0.39 is 6.10 Å². The van der Waals surface area contributed by atoms with Crippen LogP contribution in [0.25, 0.3) is 0 Å². The number of hydrogen-bond acceptors (Lipinski definition) is 2. The molecule has 1 heterocycles. The molecule has 11 heavy (non-hydrogen) atoms. The fraction of sp³-hybridized carbons (Fsp3) is 0.375. The molecule has 0 aliphatic carbocycles. The topological polar surface area (TPSA) is 33.1 Å².